The van der Waals surface area contributed by atoms with Gasteiger partial charge in [-0.05, 0) is 77.6 Å². The van der Waals surface area contributed by atoms with Crippen molar-refractivity contribution in [2.75, 3.05) is 39.5 Å². The van der Waals surface area contributed by atoms with Crippen molar-refractivity contribution >= 4 is 24.3 Å². The summed E-state index contributed by atoms with van der Waals surface area (Å²) in [5, 5.41) is 0. The maximum absolute atomic E-state index is 6.25. The molecule has 4 nitrogen and oxygen atoms in total. The Labute approximate surface area is 163 Å². The van der Waals surface area contributed by atoms with Crippen LogP contribution in [-0.4, -0.2) is 67.6 Å². The Hall–Kier alpha value is -0.525. The zero-order valence-corrected chi connectivity index (χ0v) is 18.0. The van der Waals surface area contributed by atoms with Crippen LogP contribution in [0.3, 0.4) is 0 Å². The first-order chi connectivity index (χ1) is 12.2. The number of hydrogen-bond donors (Lipinski definition) is 0. The average Bonchev–Trinajstić information content (AvgIpc) is 2.70. The van der Waals surface area contributed by atoms with Gasteiger partial charge in [0.25, 0.3) is 0 Å². The van der Waals surface area contributed by atoms with Crippen molar-refractivity contribution in [2.45, 2.75) is 56.8 Å². The molecular formula is C20H33BN2O2S. The van der Waals surface area contributed by atoms with E-state index in [1.165, 1.54) is 30.0 Å². The van der Waals surface area contributed by atoms with E-state index in [-0.39, 0.29) is 18.3 Å². The summed E-state index contributed by atoms with van der Waals surface area (Å²) >= 11 is 1.82. The zero-order valence-electron chi connectivity index (χ0n) is 17.2. The molecule has 0 amide bonds. The van der Waals surface area contributed by atoms with E-state index in [0.29, 0.717) is 0 Å². The van der Waals surface area contributed by atoms with E-state index in [1.807, 2.05) is 11.8 Å². The Balaban J connectivity index is 1.79. The van der Waals surface area contributed by atoms with Crippen LogP contribution in [0.5, 0.6) is 0 Å². The van der Waals surface area contributed by atoms with Gasteiger partial charge in [0.05, 0.1) is 11.2 Å². The minimum absolute atomic E-state index is 0.287. The molecule has 0 spiro atoms. The Morgan fingerprint density at radius 1 is 1.04 bits per heavy atom. The second kappa shape index (κ2) is 7.84. The summed E-state index contributed by atoms with van der Waals surface area (Å²) in [6.07, 6.45) is 3.39. The third kappa shape index (κ3) is 4.31. The van der Waals surface area contributed by atoms with Crippen LogP contribution in [-0.2, 0) is 15.9 Å². The number of rotatable bonds is 4. The summed E-state index contributed by atoms with van der Waals surface area (Å²) < 4.78 is 12.5. The lowest BCUT2D eigenvalue weighted by molar-refractivity contribution is 0.00578. The molecule has 0 radical (unpaired) electrons. The van der Waals surface area contributed by atoms with Gasteiger partial charge in [0.1, 0.15) is 0 Å². The number of likely N-dealkylation sites (N-methyl/N-ethyl adjacent to an activating group) is 1. The molecule has 0 bridgehead atoms. The van der Waals surface area contributed by atoms with Crippen molar-refractivity contribution in [3.8, 4) is 0 Å². The largest absolute Gasteiger partial charge is 0.494 e. The fourth-order valence-electron chi connectivity index (χ4n) is 3.55. The monoisotopic (exact) mass is 376 g/mol. The highest BCUT2D eigenvalue weighted by atomic mass is 32.2. The fourth-order valence-corrected chi connectivity index (χ4v) is 4.14. The number of hydrogen-bond acceptors (Lipinski definition) is 5. The van der Waals surface area contributed by atoms with Crippen LogP contribution in [0.1, 0.15) is 39.7 Å². The van der Waals surface area contributed by atoms with Crippen LogP contribution < -0.4 is 5.46 Å². The smallest absolute Gasteiger partial charge is 0.399 e. The minimum Gasteiger partial charge on any atom is -0.399 e. The predicted octanol–water partition coefficient (Wildman–Crippen LogP) is 2.85. The number of nitrogens with zero attached hydrogens (tertiary/aromatic N) is 2. The van der Waals surface area contributed by atoms with E-state index in [2.05, 4.69) is 69.0 Å². The molecule has 6 heteroatoms. The van der Waals surface area contributed by atoms with Crippen molar-refractivity contribution in [2.24, 2.45) is 0 Å². The highest BCUT2D eigenvalue weighted by Crippen LogP contribution is 2.36. The molecule has 2 aliphatic rings. The molecule has 0 saturated carbocycles. The molecule has 26 heavy (non-hydrogen) atoms. The van der Waals surface area contributed by atoms with Gasteiger partial charge in [-0.1, -0.05) is 12.1 Å². The fraction of sp³-hybridized carbons (Fsp3) is 0.700. The van der Waals surface area contributed by atoms with Gasteiger partial charge in [0.15, 0.2) is 0 Å². The molecular weight excluding hydrogens is 343 g/mol. The first-order valence-electron chi connectivity index (χ1n) is 9.65. The van der Waals surface area contributed by atoms with Crippen molar-refractivity contribution in [1.82, 2.24) is 9.80 Å². The number of benzene rings is 1. The van der Waals surface area contributed by atoms with Crippen LogP contribution in [0, 0.1) is 0 Å². The summed E-state index contributed by atoms with van der Waals surface area (Å²) in [5.41, 5.74) is 1.91. The SMILES string of the molecule is CSc1ccc(B2OC(C)(C)C(C)(C)O2)cc1CN1CCCN(C)CC1. The van der Waals surface area contributed by atoms with Gasteiger partial charge < -0.3 is 14.2 Å². The quantitative estimate of drug-likeness (QED) is 0.595. The molecule has 0 unspecified atom stereocenters. The number of thioether (sulfide) groups is 1. The summed E-state index contributed by atoms with van der Waals surface area (Å²) in [7, 11) is 1.93. The lowest BCUT2D eigenvalue weighted by atomic mass is 9.78. The standard InChI is InChI=1S/C20H33BN2O2S/c1-19(2)20(3,4)25-21(24-19)17-8-9-18(26-6)16(14-17)15-23-11-7-10-22(5)12-13-23/h8-9,14H,7,10-13,15H2,1-6H3. The third-order valence-electron chi connectivity index (χ3n) is 6.04. The van der Waals surface area contributed by atoms with Gasteiger partial charge in [0.2, 0.25) is 0 Å². The molecule has 2 heterocycles. The van der Waals surface area contributed by atoms with E-state index in [9.17, 15) is 0 Å². The molecule has 1 aromatic carbocycles. The lowest BCUT2D eigenvalue weighted by Crippen LogP contribution is -2.41. The predicted molar refractivity (Wildman–Crippen MR) is 111 cm³/mol. The minimum atomic E-state index is -0.300. The molecule has 0 aromatic heterocycles. The van der Waals surface area contributed by atoms with Crippen LogP contribution in [0.4, 0.5) is 0 Å². The summed E-state index contributed by atoms with van der Waals surface area (Å²) in [6, 6.07) is 6.68. The highest BCUT2D eigenvalue weighted by molar-refractivity contribution is 7.98. The second-order valence-electron chi connectivity index (χ2n) is 8.59. The van der Waals surface area contributed by atoms with Crippen molar-refractivity contribution in [1.29, 1.82) is 0 Å². The van der Waals surface area contributed by atoms with Crippen molar-refractivity contribution in [3.63, 3.8) is 0 Å². The zero-order chi connectivity index (χ0) is 18.9. The third-order valence-corrected chi connectivity index (χ3v) is 6.87. The van der Waals surface area contributed by atoms with Crippen LogP contribution in [0.2, 0.25) is 0 Å². The van der Waals surface area contributed by atoms with E-state index in [1.54, 1.807) is 0 Å². The maximum atomic E-state index is 6.25. The van der Waals surface area contributed by atoms with E-state index in [4.69, 9.17) is 9.31 Å². The van der Waals surface area contributed by atoms with Crippen LogP contribution in [0.15, 0.2) is 23.1 Å². The van der Waals surface area contributed by atoms with Crippen LogP contribution in [0.25, 0.3) is 0 Å². The van der Waals surface area contributed by atoms with E-state index in [0.717, 1.165) is 25.1 Å². The van der Waals surface area contributed by atoms with E-state index < -0.39 is 0 Å². The van der Waals surface area contributed by atoms with Crippen molar-refractivity contribution in [3.05, 3.63) is 23.8 Å². The topological polar surface area (TPSA) is 24.9 Å². The summed E-state index contributed by atoms with van der Waals surface area (Å²) in [4.78, 5) is 6.35. The van der Waals surface area contributed by atoms with Gasteiger partial charge in [-0.2, -0.15) is 0 Å². The Bertz CT molecular complexity index is 622. The molecule has 3 rings (SSSR count). The molecule has 0 aliphatic carbocycles. The molecule has 0 atom stereocenters. The summed E-state index contributed by atoms with van der Waals surface area (Å²) in [6.45, 7) is 14.1. The Kier molecular flexibility index (Phi) is 6.10. The molecule has 144 valence electrons. The summed E-state index contributed by atoms with van der Waals surface area (Å²) in [5.74, 6) is 0. The normalized spacial score (nSPS) is 24.0. The first kappa shape index (κ1) is 20.2. The van der Waals surface area contributed by atoms with Gasteiger partial charge in [-0.15, -0.1) is 11.8 Å². The maximum Gasteiger partial charge on any atom is 0.494 e. The van der Waals surface area contributed by atoms with Gasteiger partial charge in [-0.3, -0.25) is 4.90 Å². The van der Waals surface area contributed by atoms with Gasteiger partial charge >= 0.3 is 7.12 Å². The van der Waals surface area contributed by atoms with E-state index >= 15 is 0 Å². The molecule has 0 N–H and O–H groups in total. The highest BCUT2D eigenvalue weighted by Gasteiger charge is 2.51. The Morgan fingerprint density at radius 3 is 2.38 bits per heavy atom. The van der Waals surface area contributed by atoms with Crippen LogP contribution >= 0.6 is 11.8 Å². The second-order valence-corrected chi connectivity index (χ2v) is 9.44. The average molecular weight is 376 g/mol. The molecule has 2 aliphatic heterocycles. The molecule has 2 saturated heterocycles. The van der Waals surface area contributed by atoms with Gasteiger partial charge in [0, 0.05) is 24.5 Å². The molecule has 2 fully saturated rings. The van der Waals surface area contributed by atoms with Gasteiger partial charge in [-0.25, -0.2) is 0 Å². The first-order valence-corrected chi connectivity index (χ1v) is 10.9. The Morgan fingerprint density at radius 2 is 1.73 bits per heavy atom. The van der Waals surface area contributed by atoms with Crippen molar-refractivity contribution < 1.29 is 9.31 Å². The molecule has 1 aromatic rings. The lowest BCUT2D eigenvalue weighted by Gasteiger charge is -2.32.